The number of hydrogen-bond acceptors (Lipinski definition) is 5. The van der Waals surface area contributed by atoms with Crippen LogP contribution in [-0.4, -0.2) is 39.2 Å². The summed E-state index contributed by atoms with van der Waals surface area (Å²) in [5.74, 6) is 2.05. The molecule has 0 radical (unpaired) electrons. The van der Waals surface area contributed by atoms with Crippen molar-refractivity contribution in [3.05, 3.63) is 48.0 Å². The Kier molecular flexibility index (Phi) is 4.97. The molecule has 2 aromatic rings. The molecule has 2 heterocycles. The van der Waals surface area contributed by atoms with Gasteiger partial charge in [-0.15, -0.1) is 0 Å². The number of ether oxygens (including phenoxy) is 3. The molecule has 0 saturated carbocycles. The maximum Gasteiger partial charge on any atom is 0.243 e. The van der Waals surface area contributed by atoms with Gasteiger partial charge in [0, 0.05) is 25.1 Å². The van der Waals surface area contributed by atoms with Crippen molar-refractivity contribution in [2.24, 2.45) is 5.92 Å². The minimum Gasteiger partial charge on any atom is -0.493 e. The summed E-state index contributed by atoms with van der Waals surface area (Å²) in [5, 5.41) is 0. The Morgan fingerprint density at radius 2 is 2.00 bits per heavy atom. The Morgan fingerprint density at radius 3 is 2.85 bits per heavy atom. The van der Waals surface area contributed by atoms with Crippen molar-refractivity contribution < 1.29 is 22.6 Å². The van der Waals surface area contributed by atoms with Crippen molar-refractivity contribution in [2.45, 2.75) is 24.7 Å². The molecule has 4 rings (SSSR count). The number of hydrogen-bond donors (Lipinski definition) is 0. The quantitative estimate of drug-likeness (QED) is 0.786. The Hall–Kier alpha value is -2.25. The van der Waals surface area contributed by atoms with Gasteiger partial charge in [-0.3, -0.25) is 0 Å². The van der Waals surface area contributed by atoms with E-state index in [1.807, 2.05) is 31.2 Å². The summed E-state index contributed by atoms with van der Waals surface area (Å²) in [6.45, 7) is 3.64. The van der Waals surface area contributed by atoms with Crippen LogP contribution >= 0.6 is 0 Å². The molecular weight excluding hydrogens is 366 g/mol. The summed E-state index contributed by atoms with van der Waals surface area (Å²) in [6.07, 6.45) is 1.78. The van der Waals surface area contributed by atoms with Gasteiger partial charge in [0.2, 0.25) is 16.8 Å². The van der Waals surface area contributed by atoms with E-state index in [0.29, 0.717) is 31.2 Å². The first-order valence-corrected chi connectivity index (χ1v) is 10.6. The van der Waals surface area contributed by atoms with Crippen LogP contribution in [0, 0.1) is 12.8 Å². The SMILES string of the molecule is Cc1cccc(OCC2CCCN(S(=O)(=O)c3ccc4c(c3)OCO4)C2)c1. The van der Waals surface area contributed by atoms with E-state index in [1.54, 1.807) is 22.5 Å². The van der Waals surface area contributed by atoms with Crippen molar-refractivity contribution in [1.82, 2.24) is 4.31 Å². The minimum atomic E-state index is -3.56. The highest BCUT2D eigenvalue weighted by Crippen LogP contribution is 2.35. The first-order valence-electron chi connectivity index (χ1n) is 9.12. The second-order valence-corrected chi connectivity index (χ2v) is 8.95. The van der Waals surface area contributed by atoms with Crippen LogP contribution in [0.25, 0.3) is 0 Å². The number of fused-ring (bicyclic) bond motifs is 1. The third-order valence-corrected chi connectivity index (χ3v) is 6.80. The smallest absolute Gasteiger partial charge is 0.243 e. The van der Waals surface area contributed by atoms with E-state index >= 15 is 0 Å². The summed E-state index contributed by atoms with van der Waals surface area (Å²) in [4.78, 5) is 0.243. The van der Waals surface area contributed by atoms with Crippen LogP contribution in [0.5, 0.6) is 17.2 Å². The first-order chi connectivity index (χ1) is 13.0. The van der Waals surface area contributed by atoms with Crippen molar-refractivity contribution in [3.8, 4) is 17.2 Å². The molecule has 1 atom stereocenters. The zero-order chi connectivity index (χ0) is 18.9. The maximum atomic E-state index is 13.0. The van der Waals surface area contributed by atoms with E-state index in [0.717, 1.165) is 24.2 Å². The summed E-state index contributed by atoms with van der Waals surface area (Å²) in [7, 11) is -3.56. The lowest BCUT2D eigenvalue weighted by molar-refractivity contribution is 0.173. The molecule has 6 nitrogen and oxygen atoms in total. The van der Waals surface area contributed by atoms with E-state index in [2.05, 4.69) is 0 Å². The van der Waals surface area contributed by atoms with E-state index in [9.17, 15) is 8.42 Å². The molecule has 144 valence electrons. The molecule has 2 aliphatic rings. The molecule has 1 fully saturated rings. The molecule has 0 spiro atoms. The first kappa shape index (κ1) is 18.1. The standard InChI is InChI=1S/C20H23NO5S/c1-15-4-2-6-17(10-15)24-13-16-5-3-9-21(12-16)27(22,23)18-7-8-19-20(11-18)26-14-25-19/h2,4,6-8,10-11,16H,3,5,9,12-14H2,1H3. The third-order valence-electron chi connectivity index (χ3n) is 4.94. The lowest BCUT2D eigenvalue weighted by Gasteiger charge is -2.31. The molecule has 0 amide bonds. The fraction of sp³-hybridized carbons (Fsp3) is 0.400. The fourth-order valence-corrected chi connectivity index (χ4v) is 5.06. The minimum absolute atomic E-state index is 0.126. The second-order valence-electron chi connectivity index (χ2n) is 7.01. The number of nitrogens with zero attached hydrogens (tertiary/aromatic N) is 1. The molecule has 1 unspecified atom stereocenters. The van der Waals surface area contributed by atoms with Gasteiger partial charge in [0.15, 0.2) is 11.5 Å². The van der Waals surface area contributed by atoms with E-state index in [1.165, 1.54) is 0 Å². The van der Waals surface area contributed by atoms with Crippen LogP contribution in [0.1, 0.15) is 18.4 Å². The van der Waals surface area contributed by atoms with Gasteiger partial charge in [-0.25, -0.2) is 8.42 Å². The van der Waals surface area contributed by atoms with Crippen LogP contribution in [0.2, 0.25) is 0 Å². The van der Waals surface area contributed by atoms with Crippen molar-refractivity contribution in [2.75, 3.05) is 26.5 Å². The Labute approximate surface area is 159 Å². The Morgan fingerprint density at radius 1 is 1.15 bits per heavy atom. The maximum absolute atomic E-state index is 13.0. The van der Waals surface area contributed by atoms with E-state index < -0.39 is 10.0 Å². The molecule has 0 bridgehead atoms. The second kappa shape index (κ2) is 7.40. The average Bonchev–Trinajstić information content (AvgIpc) is 3.14. The van der Waals surface area contributed by atoms with Gasteiger partial charge in [-0.1, -0.05) is 12.1 Å². The highest BCUT2D eigenvalue weighted by molar-refractivity contribution is 7.89. The molecule has 0 aliphatic carbocycles. The van der Waals surface area contributed by atoms with Crippen LogP contribution in [0.15, 0.2) is 47.4 Å². The van der Waals surface area contributed by atoms with Gasteiger partial charge in [0.1, 0.15) is 5.75 Å². The molecule has 0 aromatic heterocycles. The van der Waals surface area contributed by atoms with E-state index in [4.69, 9.17) is 14.2 Å². The molecule has 2 aromatic carbocycles. The number of benzene rings is 2. The fourth-order valence-electron chi connectivity index (χ4n) is 3.49. The molecular formula is C20H23NO5S. The summed E-state index contributed by atoms with van der Waals surface area (Å²) in [5.41, 5.74) is 1.14. The topological polar surface area (TPSA) is 65.1 Å². The van der Waals surface area contributed by atoms with Crippen LogP contribution in [0.4, 0.5) is 0 Å². The Bertz CT molecular complexity index is 928. The molecule has 2 aliphatic heterocycles. The van der Waals surface area contributed by atoms with E-state index in [-0.39, 0.29) is 17.6 Å². The van der Waals surface area contributed by atoms with Gasteiger partial charge in [0.05, 0.1) is 11.5 Å². The van der Waals surface area contributed by atoms with Gasteiger partial charge in [-0.05, 0) is 49.6 Å². The number of piperidine rings is 1. The van der Waals surface area contributed by atoms with Crippen molar-refractivity contribution in [1.29, 1.82) is 0 Å². The van der Waals surface area contributed by atoms with Gasteiger partial charge >= 0.3 is 0 Å². The molecule has 27 heavy (non-hydrogen) atoms. The van der Waals surface area contributed by atoms with Crippen LogP contribution in [0.3, 0.4) is 0 Å². The van der Waals surface area contributed by atoms with Crippen molar-refractivity contribution in [3.63, 3.8) is 0 Å². The average molecular weight is 389 g/mol. The Balaban J connectivity index is 1.44. The van der Waals surface area contributed by atoms with Gasteiger partial charge in [-0.2, -0.15) is 4.31 Å². The predicted molar refractivity (Wildman–Crippen MR) is 101 cm³/mol. The predicted octanol–water partition coefficient (Wildman–Crippen LogP) is 3.20. The third kappa shape index (κ3) is 3.89. The monoisotopic (exact) mass is 389 g/mol. The zero-order valence-corrected chi connectivity index (χ0v) is 16.1. The summed E-state index contributed by atoms with van der Waals surface area (Å²) < 4.78 is 44.1. The van der Waals surface area contributed by atoms with Gasteiger partial charge in [0.25, 0.3) is 0 Å². The number of rotatable bonds is 5. The van der Waals surface area contributed by atoms with Crippen LogP contribution < -0.4 is 14.2 Å². The zero-order valence-electron chi connectivity index (χ0n) is 15.3. The van der Waals surface area contributed by atoms with Gasteiger partial charge < -0.3 is 14.2 Å². The molecule has 0 N–H and O–H groups in total. The summed E-state index contributed by atoms with van der Waals surface area (Å²) >= 11 is 0. The molecule has 7 heteroatoms. The number of aryl methyl sites for hydroxylation is 1. The largest absolute Gasteiger partial charge is 0.493 e. The normalized spacial score (nSPS) is 19.8. The lowest BCUT2D eigenvalue weighted by atomic mass is 10.0. The molecule has 1 saturated heterocycles. The van der Waals surface area contributed by atoms with Crippen LogP contribution in [-0.2, 0) is 10.0 Å². The highest BCUT2D eigenvalue weighted by atomic mass is 32.2. The van der Waals surface area contributed by atoms with Crippen molar-refractivity contribution >= 4 is 10.0 Å². The highest BCUT2D eigenvalue weighted by Gasteiger charge is 2.31. The lowest BCUT2D eigenvalue weighted by Crippen LogP contribution is -2.41. The summed E-state index contributed by atoms with van der Waals surface area (Å²) in [6, 6.07) is 12.7. The number of sulfonamides is 1.